The van der Waals surface area contributed by atoms with E-state index in [-0.39, 0.29) is 48.8 Å². The molecule has 1 aromatic carbocycles. The molecule has 0 radical (unpaired) electrons. The third-order valence-electron chi connectivity index (χ3n) is 5.89. The number of halogens is 1. The van der Waals surface area contributed by atoms with Crippen LogP contribution in [0.4, 0.5) is 4.39 Å². The summed E-state index contributed by atoms with van der Waals surface area (Å²) in [4.78, 5) is 30.3. The van der Waals surface area contributed by atoms with Crippen molar-refractivity contribution in [3.8, 4) is 5.75 Å². The van der Waals surface area contributed by atoms with Crippen molar-refractivity contribution < 1.29 is 28.5 Å². The maximum atomic E-state index is 13.4. The molecule has 0 unspecified atom stereocenters. The van der Waals surface area contributed by atoms with Crippen LogP contribution in [0.15, 0.2) is 41.3 Å². The normalized spacial score (nSPS) is 16.5. The van der Waals surface area contributed by atoms with Crippen molar-refractivity contribution >= 4 is 27.7 Å². The van der Waals surface area contributed by atoms with E-state index in [1.165, 1.54) is 27.2 Å². The average molecular weight is 507 g/mol. The lowest BCUT2D eigenvalue weighted by atomic mass is 10.1. The number of fused-ring (bicyclic) bond motifs is 1. The third kappa shape index (κ3) is 5.31. The molecule has 4 rings (SSSR count). The van der Waals surface area contributed by atoms with E-state index in [9.17, 15) is 28.2 Å². The molecule has 1 fully saturated rings. The maximum Gasteiger partial charge on any atom is 0.267 e. The molecule has 35 heavy (non-hydrogen) atoms. The summed E-state index contributed by atoms with van der Waals surface area (Å²) in [7, 11) is -2.91. The highest BCUT2D eigenvalue weighted by Crippen LogP contribution is 2.48. The second-order valence-electron chi connectivity index (χ2n) is 8.29. The zero-order valence-electron chi connectivity index (χ0n) is 18.9. The van der Waals surface area contributed by atoms with E-state index in [1.807, 2.05) is 0 Å². The quantitative estimate of drug-likeness (QED) is 0.311. The fourth-order valence-corrected chi connectivity index (χ4v) is 5.72. The molecule has 3 heterocycles. The molecule has 3 aromatic rings. The van der Waals surface area contributed by atoms with E-state index in [1.54, 1.807) is 18.2 Å². The van der Waals surface area contributed by atoms with Crippen molar-refractivity contribution in [3.05, 3.63) is 69.4 Å². The standard InChI is InChI=1S/C23H27FN4O6S/c24-17-4-2-15(3-5-17)12-16-13-18-20(26-14-16)21(30)19(22(31)25-6-10-29)23(32)28(18)9-8-27-7-1-11-35(27,33)34/h2-5,13-14,29-30,33-34H,1,6-12H2,(H,25,31). The monoisotopic (exact) mass is 506 g/mol. The molecule has 0 spiro atoms. The fourth-order valence-electron chi connectivity index (χ4n) is 4.15. The minimum atomic E-state index is -2.91. The Labute approximate surface area is 202 Å². The molecule has 0 atom stereocenters. The number of hydrogen-bond acceptors (Lipinski definition) is 8. The second-order valence-corrected chi connectivity index (χ2v) is 10.5. The number of pyridine rings is 2. The number of amides is 1. The minimum absolute atomic E-state index is 0.0213. The highest BCUT2D eigenvalue weighted by atomic mass is 32.3. The van der Waals surface area contributed by atoms with Crippen molar-refractivity contribution in [1.29, 1.82) is 0 Å². The summed E-state index contributed by atoms with van der Waals surface area (Å²) in [5.41, 5.74) is 0.562. The van der Waals surface area contributed by atoms with Crippen LogP contribution in [0.2, 0.25) is 0 Å². The van der Waals surface area contributed by atoms with Gasteiger partial charge in [-0.3, -0.25) is 23.7 Å². The number of aliphatic hydroxyl groups excluding tert-OH is 1. The first-order valence-corrected chi connectivity index (χ1v) is 12.8. The molecular weight excluding hydrogens is 479 g/mol. The van der Waals surface area contributed by atoms with Gasteiger partial charge in [0.2, 0.25) is 0 Å². The van der Waals surface area contributed by atoms with E-state index in [0.29, 0.717) is 24.9 Å². The molecule has 188 valence electrons. The van der Waals surface area contributed by atoms with Crippen LogP contribution in [-0.4, -0.2) is 71.1 Å². The van der Waals surface area contributed by atoms with Gasteiger partial charge in [0.15, 0.2) is 5.75 Å². The molecule has 10 nitrogen and oxygen atoms in total. The highest BCUT2D eigenvalue weighted by molar-refractivity contribution is 8.22. The third-order valence-corrected chi connectivity index (χ3v) is 7.92. The van der Waals surface area contributed by atoms with E-state index >= 15 is 0 Å². The molecule has 2 aromatic heterocycles. The Morgan fingerprint density at radius 3 is 2.57 bits per heavy atom. The van der Waals surface area contributed by atoms with Gasteiger partial charge >= 0.3 is 0 Å². The van der Waals surface area contributed by atoms with Crippen molar-refractivity contribution in [3.63, 3.8) is 0 Å². The van der Waals surface area contributed by atoms with Crippen LogP contribution in [0, 0.1) is 5.82 Å². The zero-order chi connectivity index (χ0) is 25.2. The second kappa shape index (κ2) is 10.3. The average Bonchev–Trinajstić information content (AvgIpc) is 3.17. The van der Waals surface area contributed by atoms with Gasteiger partial charge < -0.3 is 20.1 Å². The molecule has 1 amide bonds. The predicted octanol–water partition coefficient (Wildman–Crippen LogP) is 1.93. The highest BCUT2D eigenvalue weighted by Gasteiger charge is 2.29. The van der Waals surface area contributed by atoms with E-state index < -0.39 is 33.6 Å². The van der Waals surface area contributed by atoms with Crippen molar-refractivity contribution in [2.24, 2.45) is 0 Å². The van der Waals surface area contributed by atoms with Gasteiger partial charge in [0.05, 0.1) is 17.9 Å². The Morgan fingerprint density at radius 2 is 1.91 bits per heavy atom. The molecule has 12 heteroatoms. The number of aliphatic hydroxyl groups is 1. The van der Waals surface area contributed by atoms with Crippen LogP contribution in [0.25, 0.3) is 11.0 Å². The first kappa shape index (κ1) is 25.1. The van der Waals surface area contributed by atoms with Gasteiger partial charge in [0.25, 0.3) is 11.5 Å². The molecule has 1 aliphatic rings. The number of benzene rings is 1. The first-order valence-electron chi connectivity index (χ1n) is 11.1. The van der Waals surface area contributed by atoms with Gasteiger partial charge in [0, 0.05) is 32.4 Å². The smallest absolute Gasteiger partial charge is 0.267 e. The van der Waals surface area contributed by atoms with Gasteiger partial charge in [-0.2, -0.15) is 0 Å². The van der Waals surface area contributed by atoms with Gasteiger partial charge in [0.1, 0.15) is 16.9 Å². The van der Waals surface area contributed by atoms with Crippen LogP contribution in [0.3, 0.4) is 0 Å². The number of nitrogens with one attached hydrogen (secondary N) is 1. The number of carbonyl (C=O) groups is 1. The Bertz CT molecular complexity index is 1300. The predicted molar refractivity (Wildman–Crippen MR) is 130 cm³/mol. The summed E-state index contributed by atoms with van der Waals surface area (Å²) < 4.78 is 36.5. The van der Waals surface area contributed by atoms with Gasteiger partial charge in [-0.05, 0) is 42.2 Å². The molecule has 1 saturated heterocycles. The van der Waals surface area contributed by atoms with Crippen LogP contribution < -0.4 is 10.9 Å². The number of nitrogens with zero attached hydrogens (tertiary/aromatic N) is 3. The summed E-state index contributed by atoms with van der Waals surface area (Å²) in [5, 5.41) is 22.1. The van der Waals surface area contributed by atoms with Crippen molar-refractivity contribution in [2.75, 3.05) is 32.0 Å². The van der Waals surface area contributed by atoms with E-state index in [2.05, 4.69) is 10.3 Å². The first-order chi connectivity index (χ1) is 16.7. The minimum Gasteiger partial charge on any atom is -0.505 e. The zero-order valence-corrected chi connectivity index (χ0v) is 19.7. The van der Waals surface area contributed by atoms with Gasteiger partial charge in [-0.15, -0.1) is 10.8 Å². The van der Waals surface area contributed by atoms with Gasteiger partial charge in [-0.25, -0.2) is 8.70 Å². The van der Waals surface area contributed by atoms with Crippen LogP contribution in [0.5, 0.6) is 5.75 Å². The summed E-state index contributed by atoms with van der Waals surface area (Å²) in [6, 6.07) is 7.63. The molecular formula is C23H27FN4O6S. The summed E-state index contributed by atoms with van der Waals surface area (Å²) in [5.74, 6) is -1.52. The lowest BCUT2D eigenvalue weighted by Gasteiger charge is -2.36. The molecule has 0 bridgehead atoms. The molecule has 0 saturated carbocycles. The summed E-state index contributed by atoms with van der Waals surface area (Å²) in [6.07, 6.45) is 2.52. The summed E-state index contributed by atoms with van der Waals surface area (Å²) >= 11 is 0. The molecule has 5 N–H and O–H groups in total. The lowest BCUT2D eigenvalue weighted by Crippen LogP contribution is -2.36. The van der Waals surface area contributed by atoms with Crippen LogP contribution >= 0.6 is 10.8 Å². The number of rotatable bonds is 8. The Morgan fingerprint density at radius 1 is 1.17 bits per heavy atom. The van der Waals surface area contributed by atoms with Crippen LogP contribution in [-0.2, 0) is 13.0 Å². The SMILES string of the molecule is O=C(NCCO)c1c(O)c2ncc(Cc3ccc(F)cc3)cc2n(CCN2CCCS2(O)O)c1=O. The largest absolute Gasteiger partial charge is 0.505 e. The Hall–Kier alpha value is -3.03. The Kier molecular flexibility index (Phi) is 7.38. The summed E-state index contributed by atoms with van der Waals surface area (Å²) in [6.45, 7) is 0.182. The van der Waals surface area contributed by atoms with E-state index in [0.717, 1.165) is 5.56 Å². The van der Waals surface area contributed by atoms with E-state index in [4.69, 9.17) is 5.11 Å². The Balaban J connectivity index is 1.78. The lowest BCUT2D eigenvalue weighted by molar-refractivity contribution is 0.0940. The number of carbonyl (C=O) groups excluding carboxylic acids is 1. The topological polar surface area (TPSA) is 148 Å². The van der Waals surface area contributed by atoms with Gasteiger partial charge in [-0.1, -0.05) is 12.1 Å². The van der Waals surface area contributed by atoms with Crippen molar-refractivity contribution in [2.45, 2.75) is 19.4 Å². The van der Waals surface area contributed by atoms with Crippen molar-refractivity contribution in [1.82, 2.24) is 19.2 Å². The maximum absolute atomic E-state index is 13.4. The van der Waals surface area contributed by atoms with Crippen LogP contribution in [0.1, 0.15) is 27.9 Å². The fraction of sp³-hybridized carbons (Fsp3) is 0.348. The molecule has 0 aliphatic carbocycles. The molecule has 1 aliphatic heterocycles. The number of aromatic nitrogens is 2. The number of hydrogen-bond donors (Lipinski definition) is 5. The number of aromatic hydroxyl groups is 1.